The van der Waals surface area contributed by atoms with E-state index in [0.29, 0.717) is 35.7 Å². The van der Waals surface area contributed by atoms with E-state index in [-0.39, 0.29) is 49.1 Å². The fraction of sp³-hybridized carbons (Fsp3) is 0.364. The van der Waals surface area contributed by atoms with Crippen molar-refractivity contribution in [2.45, 2.75) is 44.5 Å². The molecule has 1 aromatic carbocycles. The summed E-state index contributed by atoms with van der Waals surface area (Å²) in [4.78, 5) is 48.2. The van der Waals surface area contributed by atoms with Gasteiger partial charge >= 0.3 is 11.9 Å². The van der Waals surface area contributed by atoms with Gasteiger partial charge in [0, 0.05) is 55.9 Å². The minimum Gasteiger partial charge on any atom is -0.489 e. The summed E-state index contributed by atoms with van der Waals surface area (Å²) < 4.78 is 25.2. The third-order valence-corrected chi connectivity index (χ3v) is 8.82. The van der Waals surface area contributed by atoms with Crippen LogP contribution in [0.1, 0.15) is 63.8 Å². The molecule has 7 rings (SSSR count). The van der Waals surface area contributed by atoms with Crippen LogP contribution in [0.2, 0.25) is 0 Å². The molecular formula is C33H34FN9O6. The Morgan fingerprint density at radius 3 is 2.51 bits per heavy atom. The maximum absolute atomic E-state index is 15.7. The van der Waals surface area contributed by atoms with Crippen LogP contribution in [0.4, 0.5) is 15.9 Å². The van der Waals surface area contributed by atoms with Crippen molar-refractivity contribution in [2.75, 3.05) is 42.9 Å². The molecule has 2 saturated heterocycles. The number of rotatable bonds is 10. The Hall–Kier alpha value is -5.64. The number of likely N-dealkylation sites (tertiary alicyclic amines) is 1. The number of amides is 1. The molecule has 2 aliphatic heterocycles. The second-order valence-corrected chi connectivity index (χ2v) is 12.8. The molecule has 4 aromatic heterocycles. The van der Waals surface area contributed by atoms with E-state index in [1.165, 1.54) is 16.8 Å². The van der Waals surface area contributed by atoms with E-state index in [0.717, 1.165) is 29.9 Å². The molecule has 49 heavy (non-hydrogen) atoms. The molecule has 0 unspecified atom stereocenters. The van der Waals surface area contributed by atoms with Crippen LogP contribution >= 0.6 is 0 Å². The van der Waals surface area contributed by atoms with Gasteiger partial charge in [0.2, 0.25) is 0 Å². The maximum Gasteiger partial charge on any atom is 0.338 e. The number of carboxylic acid groups (broad SMARTS) is 2. The van der Waals surface area contributed by atoms with Crippen molar-refractivity contribution in [1.82, 2.24) is 34.3 Å². The van der Waals surface area contributed by atoms with Crippen molar-refractivity contribution in [3.8, 4) is 5.75 Å². The van der Waals surface area contributed by atoms with Gasteiger partial charge in [-0.3, -0.25) is 14.4 Å². The lowest BCUT2D eigenvalue weighted by Crippen LogP contribution is -2.64. The molecule has 0 saturated carbocycles. The van der Waals surface area contributed by atoms with Crippen LogP contribution in [0, 0.1) is 0 Å². The number of hydrogen-bond acceptors (Lipinski definition) is 10. The van der Waals surface area contributed by atoms with Crippen LogP contribution in [-0.2, 0) is 0 Å². The molecule has 16 heteroatoms. The number of aromatic carboxylic acids is 2. The first kappa shape index (κ1) is 31.9. The predicted molar refractivity (Wildman–Crippen MR) is 175 cm³/mol. The highest BCUT2D eigenvalue weighted by Crippen LogP contribution is 2.35. The van der Waals surface area contributed by atoms with E-state index in [2.05, 4.69) is 25.3 Å². The normalized spacial score (nSPS) is 16.6. The Balaban J connectivity index is 0.997. The van der Waals surface area contributed by atoms with Crippen molar-refractivity contribution in [3.63, 3.8) is 0 Å². The average molecular weight is 672 g/mol. The molecule has 0 bridgehead atoms. The van der Waals surface area contributed by atoms with Gasteiger partial charge in [0.05, 0.1) is 53.8 Å². The molecule has 0 spiro atoms. The van der Waals surface area contributed by atoms with Gasteiger partial charge in [0.15, 0.2) is 11.3 Å². The summed E-state index contributed by atoms with van der Waals surface area (Å²) in [6, 6.07) is 6.68. The number of carbonyl (C=O) groups is 3. The summed E-state index contributed by atoms with van der Waals surface area (Å²) in [7, 11) is 0. The van der Waals surface area contributed by atoms with Gasteiger partial charge in [-0.2, -0.15) is 10.2 Å². The minimum absolute atomic E-state index is 0.0313. The lowest BCUT2D eigenvalue weighted by molar-refractivity contribution is 0.0473. The largest absolute Gasteiger partial charge is 0.489 e. The summed E-state index contributed by atoms with van der Waals surface area (Å²) in [5.41, 5.74) is -0.289. The smallest absolute Gasteiger partial charge is 0.338 e. The number of hydrogen-bond donors (Lipinski definition) is 3. The number of pyridine rings is 1. The zero-order valence-corrected chi connectivity index (χ0v) is 26.8. The molecule has 0 atom stereocenters. The van der Waals surface area contributed by atoms with Crippen molar-refractivity contribution < 1.29 is 33.7 Å². The Labute approximate surface area is 278 Å². The zero-order valence-electron chi connectivity index (χ0n) is 26.8. The topological polar surface area (TPSA) is 180 Å². The number of aromatic nitrogens is 6. The van der Waals surface area contributed by atoms with Crippen molar-refractivity contribution in [1.29, 1.82) is 0 Å². The van der Waals surface area contributed by atoms with E-state index in [1.54, 1.807) is 23.4 Å². The van der Waals surface area contributed by atoms with Crippen molar-refractivity contribution in [2.24, 2.45) is 0 Å². The van der Waals surface area contributed by atoms with Crippen LogP contribution in [0.15, 0.2) is 55.2 Å². The number of fused-ring (bicyclic) bond motifs is 2. The summed E-state index contributed by atoms with van der Waals surface area (Å²) >= 11 is 0. The Kier molecular flexibility index (Phi) is 8.10. The van der Waals surface area contributed by atoms with Crippen LogP contribution in [0.5, 0.6) is 5.75 Å². The zero-order chi connectivity index (χ0) is 34.4. The van der Waals surface area contributed by atoms with Gasteiger partial charge in [-0.15, -0.1) is 0 Å². The first-order valence-electron chi connectivity index (χ1n) is 15.9. The van der Waals surface area contributed by atoms with E-state index in [9.17, 15) is 24.6 Å². The van der Waals surface area contributed by atoms with Crippen LogP contribution < -0.4 is 15.0 Å². The van der Waals surface area contributed by atoms with Gasteiger partial charge < -0.3 is 25.2 Å². The molecule has 1 amide bonds. The molecule has 0 radical (unpaired) electrons. The molecule has 15 nitrogen and oxygen atoms in total. The minimum atomic E-state index is -1.50. The summed E-state index contributed by atoms with van der Waals surface area (Å²) in [5, 5.41) is 31.5. The number of nitrogens with one attached hydrogen (secondary N) is 1. The number of anilines is 2. The van der Waals surface area contributed by atoms with Gasteiger partial charge in [-0.1, -0.05) is 0 Å². The van der Waals surface area contributed by atoms with E-state index >= 15 is 4.39 Å². The van der Waals surface area contributed by atoms with E-state index in [4.69, 9.17) is 9.84 Å². The number of ether oxygens (including phenoxy) is 1. The fourth-order valence-electron chi connectivity index (χ4n) is 6.49. The molecule has 6 heterocycles. The molecule has 2 aliphatic rings. The summed E-state index contributed by atoms with van der Waals surface area (Å²) in [6.07, 6.45) is 9.13. The van der Waals surface area contributed by atoms with Gasteiger partial charge in [0.25, 0.3) is 5.91 Å². The lowest BCUT2D eigenvalue weighted by atomic mass is 9.93. The highest BCUT2D eigenvalue weighted by molar-refractivity contribution is 6.09. The van der Waals surface area contributed by atoms with Gasteiger partial charge in [-0.25, -0.2) is 28.5 Å². The second-order valence-electron chi connectivity index (χ2n) is 12.8. The Morgan fingerprint density at radius 2 is 1.80 bits per heavy atom. The number of halogens is 1. The first-order chi connectivity index (χ1) is 23.5. The summed E-state index contributed by atoms with van der Waals surface area (Å²) in [6.45, 7) is 5.43. The predicted octanol–water partition coefficient (Wildman–Crippen LogP) is 3.78. The maximum atomic E-state index is 15.7. The second kappa shape index (κ2) is 12.4. The van der Waals surface area contributed by atoms with Crippen LogP contribution in [0.25, 0.3) is 16.6 Å². The third-order valence-electron chi connectivity index (χ3n) is 8.82. The fourth-order valence-corrected chi connectivity index (χ4v) is 6.49. The molecule has 5 aromatic rings. The number of piperidine rings is 1. The first-order valence-corrected chi connectivity index (χ1v) is 15.9. The monoisotopic (exact) mass is 671 g/mol. The third kappa shape index (κ3) is 6.34. The molecule has 3 N–H and O–H groups in total. The van der Waals surface area contributed by atoms with Gasteiger partial charge in [-0.05, 0) is 44.9 Å². The van der Waals surface area contributed by atoms with E-state index < -0.39 is 23.2 Å². The van der Waals surface area contributed by atoms with E-state index in [1.807, 2.05) is 36.9 Å². The molecular weight excluding hydrogens is 637 g/mol. The lowest BCUT2D eigenvalue weighted by Gasteiger charge is -2.48. The number of carboxylic acids is 2. The molecule has 254 valence electrons. The number of alkyl halides is 1. The van der Waals surface area contributed by atoms with Crippen LogP contribution in [0.3, 0.4) is 0 Å². The highest BCUT2D eigenvalue weighted by Gasteiger charge is 2.46. The summed E-state index contributed by atoms with van der Waals surface area (Å²) in [5.74, 6) is -2.40. The molecule has 0 aliphatic carbocycles. The average Bonchev–Trinajstić information content (AvgIpc) is 3.68. The SMILES string of the molecule is CC(C)Oc1cc2nn(C3CCN(CC4(F)CN(c5cc(C(=O)O)c(C(=O)O)cn5)C4)CC3)cc2cc1NC(=O)c1cnn2cccnc12. The Morgan fingerprint density at radius 1 is 1.04 bits per heavy atom. The standard InChI is InChI=1S/C33H34FN9O6/c1-19(2)49-27-12-25-20(10-26(27)38-30(44)24-14-37-42-7-3-6-35-29(24)42)15-43(39-25)21-4-8-40(9-5-21)16-33(34)17-41(18-33)28-11-22(31(45)46)23(13-36-28)32(47)48/h3,6-7,10-15,19,21H,4-5,8-9,16-18H2,1-2H3,(H,38,44)(H,45,46)(H,47,48). The van der Waals surface area contributed by atoms with Crippen LogP contribution in [-0.4, -0.2) is 107 Å². The Bertz CT molecular complexity index is 2080. The number of nitrogens with zero attached hydrogens (tertiary/aromatic N) is 8. The van der Waals surface area contributed by atoms with Gasteiger partial charge in [0.1, 0.15) is 17.1 Å². The number of carbonyl (C=O) groups excluding carboxylic acids is 1. The molecule has 2 fully saturated rings. The highest BCUT2D eigenvalue weighted by atomic mass is 19.1. The quantitative estimate of drug-likeness (QED) is 0.196. The number of benzene rings is 1. The van der Waals surface area contributed by atoms with Crippen molar-refractivity contribution in [3.05, 3.63) is 71.9 Å². The van der Waals surface area contributed by atoms with Crippen molar-refractivity contribution >= 4 is 45.9 Å².